The van der Waals surface area contributed by atoms with Gasteiger partial charge in [-0.25, -0.2) is 9.59 Å². The lowest BCUT2D eigenvalue weighted by molar-refractivity contribution is -0.161. The maximum Gasteiger partial charge on any atom is 0.410 e. The molecule has 158 valence electrons. The third-order valence-electron chi connectivity index (χ3n) is 6.12. The molecule has 0 aromatic heterocycles. The summed E-state index contributed by atoms with van der Waals surface area (Å²) >= 11 is 0. The van der Waals surface area contributed by atoms with E-state index in [2.05, 4.69) is 0 Å². The van der Waals surface area contributed by atoms with Gasteiger partial charge in [-0.2, -0.15) is 0 Å². The third-order valence-corrected chi connectivity index (χ3v) is 6.12. The normalized spacial score (nSPS) is 29.9. The number of aromatic carboxylic acids is 1. The molecule has 0 aliphatic carbocycles. The van der Waals surface area contributed by atoms with Gasteiger partial charge in [0.25, 0.3) is 0 Å². The number of carbonyl (C=O) groups excluding carboxylic acids is 1. The van der Waals surface area contributed by atoms with Crippen molar-refractivity contribution in [1.82, 2.24) is 4.90 Å². The molecule has 0 radical (unpaired) electrons. The van der Waals surface area contributed by atoms with Crippen LogP contribution >= 0.6 is 0 Å². The summed E-state index contributed by atoms with van der Waals surface area (Å²) in [6, 6.07) is 4.86. The van der Waals surface area contributed by atoms with Crippen LogP contribution in [0.25, 0.3) is 0 Å². The van der Waals surface area contributed by atoms with Crippen LogP contribution in [0.1, 0.15) is 69.5 Å². The van der Waals surface area contributed by atoms with E-state index in [9.17, 15) is 14.7 Å². The number of fused-ring (bicyclic) bond motifs is 4. The van der Waals surface area contributed by atoms with Crippen molar-refractivity contribution in [1.29, 1.82) is 0 Å². The van der Waals surface area contributed by atoms with Crippen LogP contribution in [0.2, 0.25) is 0 Å². The third kappa shape index (κ3) is 3.56. The van der Waals surface area contributed by atoms with Crippen molar-refractivity contribution in [3.63, 3.8) is 0 Å². The van der Waals surface area contributed by atoms with Gasteiger partial charge >= 0.3 is 12.1 Å². The molecule has 1 N–H and O–H groups in total. The first kappa shape index (κ1) is 20.0. The Morgan fingerprint density at radius 1 is 1.28 bits per heavy atom. The maximum absolute atomic E-state index is 12.7. The van der Waals surface area contributed by atoms with Crippen molar-refractivity contribution in [2.45, 2.75) is 76.9 Å². The van der Waals surface area contributed by atoms with Crippen molar-refractivity contribution in [2.24, 2.45) is 5.92 Å². The number of carboxylic acids is 1. The number of rotatable bonds is 1. The predicted molar refractivity (Wildman–Crippen MR) is 105 cm³/mol. The summed E-state index contributed by atoms with van der Waals surface area (Å²) in [4.78, 5) is 25.9. The minimum Gasteiger partial charge on any atom is -0.487 e. The van der Waals surface area contributed by atoms with Crippen LogP contribution in [0.5, 0.6) is 5.75 Å². The molecule has 0 unspecified atom stereocenters. The molecule has 2 fully saturated rings. The van der Waals surface area contributed by atoms with Crippen LogP contribution in [0.15, 0.2) is 18.2 Å². The quantitative estimate of drug-likeness (QED) is 0.763. The second-order valence-electron chi connectivity index (χ2n) is 9.73. The van der Waals surface area contributed by atoms with Gasteiger partial charge in [-0.3, -0.25) is 0 Å². The SMILES string of the molecule is CC(C)(C)OC(=O)N1CC[C@H]2O[C@H]3c4cc(C(=O)O)ccc4OC(C)(C)[C@@H]3C[C@H]21. The first-order valence-electron chi connectivity index (χ1n) is 10.2. The highest BCUT2D eigenvalue weighted by molar-refractivity contribution is 5.88. The van der Waals surface area contributed by atoms with Gasteiger partial charge in [-0.15, -0.1) is 0 Å². The van der Waals surface area contributed by atoms with Crippen LogP contribution in [0.4, 0.5) is 4.79 Å². The summed E-state index contributed by atoms with van der Waals surface area (Å²) in [5.74, 6) is -0.315. The lowest BCUT2D eigenvalue weighted by Crippen LogP contribution is -2.55. The fraction of sp³-hybridized carbons (Fsp3) is 0.636. The van der Waals surface area contributed by atoms with Gasteiger partial charge < -0.3 is 24.2 Å². The molecule has 4 atom stereocenters. The van der Waals surface area contributed by atoms with E-state index in [0.717, 1.165) is 18.4 Å². The Morgan fingerprint density at radius 3 is 2.66 bits per heavy atom. The highest BCUT2D eigenvalue weighted by atomic mass is 16.6. The molecule has 3 aliphatic rings. The van der Waals surface area contributed by atoms with Crippen molar-refractivity contribution in [3.05, 3.63) is 29.3 Å². The highest BCUT2D eigenvalue weighted by Gasteiger charge is 2.54. The van der Waals surface area contributed by atoms with E-state index >= 15 is 0 Å². The lowest BCUT2D eigenvalue weighted by atomic mass is 9.73. The summed E-state index contributed by atoms with van der Waals surface area (Å²) in [6.45, 7) is 10.2. The number of carboxylic acid groups (broad SMARTS) is 1. The van der Waals surface area contributed by atoms with E-state index in [0.29, 0.717) is 12.3 Å². The smallest absolute Gasteiger partial charge is 0.410 e. The highest BCUT2D eigenvalue weighted by Crippen LogP contribution is 2.52. The van der Waals surface area contributed by atoms with E-state index in [1.165, 1.54) is 0 Å². The zero-order valence-electron chi connectivity index (χ0n) is 17.6. The molecule has 4 rings (SSSR count). The number of ether oxygens (including phenoxy) is 3. The zero-order chi connectivity index (χ0) is 21.1. The largest absolute Gasteiger partial charge is 0.487 e. The molecule has 2 saturated heterocycles. The number of nitrogens with zero attached hydrogens (tertiary/aromatic N) is 1. The fourth-order valence-corrected chi connectivity index (χ4v) is 4.77. The molecule has 1 aromatic carbocycles. The molecule has 0 saturated carbocycles. The summed E-state index contributed by atoms with van der Waals surface area (Å²) in [6.07, 6.45) is 0.794. The van der Waals surface area contributed by atoms with Crippen molar-refractivity contribution in [2.75, 3.05) is 6.54 Å². The Hall–Kier alpha value is -2.28. The van der Waals surface area contributed by atoms with Gasteiger partial charge in [0.15, 0.2) is 0 Å². The average Bonchev–Trinajstić information content (AvgIpc) is 3.01. The van der Waals surface area contributed by atoms with E-state index < -0.39 is 17.2 Å². The average molecular weight is 403 g/mol. The Morgan fingerprint density at radius 2 is 2.00 bits per heavy atom. The van der Waals surface area contributed by atoms with E-state index in [1.54, 1.807) is 23.1 Å². The molecule has 1 aromatic rings. The topological polar surface area (TPSA) is 85.3 Å². The minimum absolute atomic E-state index is 0.0108. The Labute approximate surface area is 170 Å². The number of hydrogen-bond acceptors (Lipinski definition) is 5. The standard InChI is InChI=1S/C22H29NO6/c1-21(2,3)29-20(26)23-9-8-17-15(23)11-14-18(27-17)13-10-12(19(24)25)6-7-16(13)28-22(14,4)5/h6-7,10,14-15,17-18H,8-9,11H2,1-5H3,(H,24,25)/t14-,15-,17-,18+/m1/s1. The van der Waals surface area contributed by atoms with E-state index in [4.69, 9.17) is 14.2 Å². The first-order chi connectivity index (χ1) is 13.5. The van der Waals surface area contributed by atoms with Gasteiger partial charge in [0.05, 0.1) is 23.8 Å². The van der Waals surface area contributed by atoms with E-state index in [1.807, 2.05) is 34.6 Å². The molecular weight excluding hydrogens is 374 g/mol. The summed E-state index contributed by atoms with van der Waals surface area (Å²) in [7, 11) is 0. The number of likely N-dealkylation sites (tertiary alicyclic amines) is 1. The van der Waals surface area contributed by atoms with E-state index in [-0.39, 0.29) is 35.8 Å². The number of carbonyl (C=O) groups is 2. The van der Waals surface area contributed by atoms with Crippen LogP contribution in [0.3, 0.4) is 0 Å². The summed E-state index contributed by atoms with van der Waals surface area (Å²) in [5, 5.41) is 9.38. The number of amides is 1. The van der Waals surface area contributed by atoms with Gasteiger partial charge in [0.2, 0.25) is 0 Å². The Bertz CT molecular complexity index is 842. The molecular formula is C22H29NO6. The van der Waals surface area contributed by atoms with Crippen LogP contribution in [-0.2, 0) is 9.47 Å². The molecule has 7 heteroatoms. The second-order valence-corrected chi connectivity index (χ2v) is 9.73. The number of hydrogen-bond donors (Lipinski definition) is 1. The molecule has 0 bridgehead atoms. The van der Waals surface area contributed by atoms with Crippen molar-refractivity contribution < 1.29 is 28.9 Å². The second kappa shape index (κ2) is 6.62. The Balaban J connectivity index is 1.63. The van der Waals surface area contributed by atoms with Crippen LogP contribution in [-0.4, -0.2) is 52.0 Å². The van der Waals surface area contributed by atoms with Crippen molar-refractivity contribution >= 4 is 12.1 Å². The van der Waals surface area contributed by atoms with Gasteiger partial charge in [-0.1, -0.05) is 0 Å². The monoisotopic (exact) mass is 403 g/mol. The summed E-state index contributed by atoms with van der Waals surface area (Å²) < 4.78 is 18.3. The summed E-state index contributed by atoms with van der Waals surface area (Å²) in [5.41, 5.74) is -0.0518. The maximum atomic E-state index is 12.7. The van der Waals surface area contributed by atoms with Crippen LogP contribution < -0.4 is 4.74 Å². The van der Waals surface area contributed by atoms with Gasteiger partial charge in [0, 0.05) is 18.0 Å². The first-order valence-corrected chi connectivity index (χ1v) is 10.2. The van der Waals surface area contributed by atoms with Crippen molar-refractivity contribution in [3.8, 4) is 5.75 Å². The lowest BCUT2D eigenvalue weighted by Gasteiger charge is -2.50. The fourth-order valence-electron chi connectivity index (χ4n) is 4.77. The number of benzene rings is 1. The minimum atomic E-state index is -0.972. The Kier molecular flexibility index (Phi) is 4.57. The molecule has 3 aliphatic heterocycles. The zero-order valence-corrected chi connectivity index (χ0v) is 17.6. The van der Waals surface area contributed by atoms with Crippen LogP contribution in [0, 0.1) is 5.92 Å². The molecule has 3 heterocycles. The molecule has 7 nitrogen and oxygen atoms in total. The molecule has 29 heavy (non-hydrogen) atoms. The molecule has 0 spiro atoms. The van der Waals surface area contributed by atoms with Gasteiger partial charge in [0.1, 0.15) is 17.0 Å². The van der Waals surface area contributed by atoms with Gasteiger partial charge in [-0.05, 0) is 65.7 Å². The predicted octanol–water partition coefficient (Wildman–Crippen LogP) is 4.01. The molecule has 1 amide bonds.